The van der Waals surface area contributed by atoms with Crippen LogP contribution in [-0.2, 0) is 5.41 Å². The van der Waals surface area contributed by atoms with Crippen LogP contribution in [0.5, 0.6) is 0 Å². The first-order chi connectivity index (χ1) is 16.1. The normalized spacial score (nSPS) is 14.0. The van der Waals surface area contributed by atoms with Crippen LogP contribution >= 0.6 is 0 Å². The zero-order chi connectivity index (χ0) is 22.2. The lowest BCUT2D eigenvalue weighted by molar-refractivity contribution is 0.660. The monoisotopic (exact) mass is 420 g/mol. The number of rotatable bonds is 1. The maximum absolute atomic E-state index is 2.43. The van der Waals surface area contributed by atoms with Crippen molar-refractivity contribution in [3.63, 3.8) is 0 Å². The molecule has 156 valence electrons. The highest BCUT2D eigenvalue weighted by Gasteiger charge is 2.35. The Morgan fingerprint density at radius 2 is 1.12 bits per heavy atom. The van der Waals surface area contributed by atoms with Gasteiger partial charge in [0.05, 0.1) is 0 Å². The van der Waals surface area contributed by atoms with E-state index in [9.17, 15) is 0 Å². The highest BCUT2D eigenvalue weighted by atomic mass is 14.4. The molecule has 0 fully saturated rings. The van der Waals surface area contributed by atoms with Crippen LogP contribution in [0.2, 0.25) is 0 Å². The van der Waals surface area contributed by atoms with Gasteiger partial charge in [-0.2, -0.15) is 0 Å². The van der Waals surface area contributed by atoms with Crippen molar-refractivity contribution in [2.45, 2.75) is 19.3 Å². The lowest BCUT2D eigenvalue weighted by atomic mass is 9.81. The quantitative estimate of drug-likeness (QED) is 0.233. The molecule has 0 saturated carbocycles. The number of benzene rings is 6. The molecule has 7 rings (SSSR count). The molecule has 0 nitrogen and oxygen atoms in total. The number of hydrogen-bond acceptors (Lipinski definition) is 0. The zero-order valence-electron chi connectivity index (χ0n) is 18.9. The summed E-state index contributed by atoms with van der Waals surface area (Å²) in [6.07, 6.45) is 0. The lowest BCUT2D eigenvalue weighted by Crippen LogP contribution is -2.14. The summed E-state index contributed by atoms with van der Waals surface area (Å²) < 4.78 is 0. The van der Waals surface area contributed by atoms with Crippen molar-refractivity contribution in [2.75, 3.05) is 0 Å². The molecule has 0 aromatic heterocycles. The SMILES string of the molecule is CC1(C)c2ccccc2-c2ccc(-c3cc4ccc5ccccc5c4c4ccccc34)cc21. The summed E-state index contributed by atoms with van der Waals surface area (Å²) >= 11 is 0. The Bertz CT molecular complexity index is 1730. The van der Waals surface area contributed by atoms with Gasteiger partial charge in [0.15, 0.2) is 0 Å². The van der Waals surface area contributed by atoms with Crippen molar-refractivity contribution in [3.05, 3.63) is 120 Å². The summed E-state index contributed by atoms with van der Waals surface area (Å²) in [5.74, 6) is 0. The molecule has 0 N–H and O–H groups in total. The minimum absolute atomic E-state index is 0.00475. The van der Waals surface area contributed by atoms with Crippen LogP contribution in [0.15, 0.2) is 109 Å². The van der Waals surface area contributed by atoms with E-state index in [2.05, 4.69) is 123 Å². The molecule has 0 atom stereocenters. The van der Waals surface area contributed by atoms with Crippen LogP contribution < -0.4 is 0 Å². The predicted molar refractivity (Wildman–Crippen MR) is 142 cm³/mol. The van der Waals surface area contributed by atoms with Crippen LogP contribution in [-0.4, -0.2) is 0 Å². The van der Waals surface area contributed by atoms with Crippen LogP contribution in [0.1, 0.15) is 25.0 Å². The van der Waals surface area contributed by atoms with Gasteiger partial charge in [-0.15, -0.1) is 0 Å². The molecule has 0 amide bonds. The molecule has 6 aromatic carbocycles. The van der Waals surface area contributed by atoms with E-state index in [0.29, 0.717) is 0 Å². The van der Waals surface area contributed by atoms with Crippen molar-refractivity contribution in [1.82, 2.24) is 0 Å². The molecule has 0 heteroatoms. The molecule has 0 saturated heterocycles. The summed E-state index contributed by atoms with van der Waals surface area (Å²) in [5, 5.41) is 7.90. The molecule has 1 aliphatic carbocycles. The maximum Gasteiger partial charge on any atom is 0.0159 e. The molecular formula is C33H24. The van der Waals surface area contributed by atoms with E-state index in [0.717, 1.165) is 0 Å². The molecule has 0 aliphatic heterocycles. The van der Waals surface area contributed by atoms with E-state index in [1.165, 1.54) is 65.7 Å². The molecular weight excluding hydrogens is 396 g/mol. The van der Waals surface area contributed by atoms with E-state index in [-0.39, 0.29) is 5.41 Å². The van der Waals surface area contributed by atoms with Gasteiger partial charge in [0.1, 0.15) is 0 Å². The van der Waals surface area contributed by atoms with Gasteiger partial charge in [-0.1, -0.05) is 111 Å². The number of fused-ring (bicyclic) bond motifs is 8. The predicted octanol–water partition coefficient (Wildman–Crippen LogP) is 9.12. The van der Waals surface area contributed by atoms with Gasteiger partial charge in [-0.3, -0.25) is 0 Å². The minimum atomic E-state index is 0.00475. The van der Waals surface area contributed by atoms with Gasteiger partial charge in [0.25, 0.3) is 0 Å². The van der Waals surface area contributed by atoms with Gasteiger partial charge in [-0.05, 0) is 77.8 Å². The first-order valence-corrected chi connectivity index (χ1v) is 11.7. The van der Waals surface area contributed by atoms with Gasteiger partial charge in [0, 0.05) is 5.41 Å². The molecule has 0 unspecified atom stereocenters. The van der Waals surface area contributed by atoms with Crippen LogP contribution in [0.25, 0.3) is 54.6 Å². The third-order valence-electron chi connectivity index (χ3n) is 7.64. The number of hydrogen-bond donors (Lipinski definition) is 0. The van der Waals surface area contributed by atoms with Gasteiger partial charge < -0.3 is 0 Å². The van der Waals surface area contributed by atoms with E-state index in [4.69, 9.17) is 0 Å². The molecule has 0 heterocycles. The zero-order valence-corrected chi connectivity index (χ0v) is 18.9. The first kappa shape index (κ1) is 18.7. The van der Waals surface area contributed by atoms with E-state index in [1.807, 2.05) is 0 Å². The molecule has 0 spiro atoms. The van der Waals surface area contributed by atoms with Crippen molar-refractivity contribution in [3.8, 4) is 22.3 Å². The third-order valence-corrected chi connectivity index (χ3v) is 7.64. The molecule has 6 aromatic rings. The van der Waals surface area contributed by atoms with Crippen molar-refractivity contribution in [2.24, 2.45) is 0 Å². The van der Waals surface area contributed by atoms with Gasteiger partial charge >= 0.3 is 0 Å². The Hall–Kier alpha value is -3.90. The van der Waals surface area contributed by atoms with Crippen LogP contribution in [0.3, 0.4) is 0 Å². The van der Waals surface area contributed by atoms with E-state index < -0.39 is 0 Å². The fourth-order valence-corrected chi connectivity index (χ4v) is 5.99. The second-order valence-corrected chi connectivity index (χ2v) is 9.79. The lowest BCUT2D eigenvalue weighted by Gasteiger charge is -2.22. The van der Waals surface area contributed by atoms with Crippen molar-refractivity contribution in [1.29, 1.82) is 0 Å². The topological polar surface area (TPSA) is 0 Å². The summed E-state index contributed by atoms with van der Waals surface area (Å²) in [4.78, 5) is 0. The summed E-state index contributed by atoms with van der Waals surface area (Å²) in [6.45, 7) is 4.71. The smallest absolute Gasteiger partial charge is 0.0159 e. The first-order valence-electron chi connectivity index (χ1n) is 11.7. The van der Waals surface area contributed by atoms with Gasteiger partial charge in [-0.25, -0.2) is 0 Å². The third kappa shape index (κ3) is 2.52. The second kappa shape index (κ2) is 6.56. The fraction of sp³-hybridized carbons (Fsp3) is 0.0909. The molecule has 1 aliphatic rings. The molecule has 0 bridgehead atoms. The second-order valence-electron chi connectivity index (χ2n) is 9.79. The van der Waals surface area contributed by atoms with Crippen LogP contribution in [0, 0.1) is 0 Å². The highest BCUT2D eigenvalue weighted by molar-refractivity contribution is 6.23. The van der Waals surface area contributed by atoms with E-state index >= 15 is 0 Å². The average molecular weight is 421 g/mol. The Morgan fingerprint density at radius 3 is 2.00 bits per heavy atom. The summed E-state index contributed by atoms with van der Waals surface area (Å²) in [5.41, 5.74) is 8.19. The van der Waals surface area contributed by atoms with Gasteiger partial charge in [0.2, 0.25) is 0 Å². The van der Waals surface area contributed by atoms with E-state index in [1.54, 1.807) is 0 Å². The average Bonchev–Trinajstić information content (AvgIpc) is 3.09. The van der Waals surface area contributed by atoms with Crippen molar-refractivity contribution < 1.29 is 0 Å². The summed E-state index contributed by atoms with van der Waals surface area (Å²) in [7, 11) is 0. The fourth-order valence-electron chi connectivity index (χ4n) is 5.99. The minimum Gasteiger partial charge on any atom is -0.0619 e. The molecule has 0 radical (unpaired) electrons. The summed E-state index contributed by atoms with van der Waals surface area (Å²) in [6, 6.07) is 40.5. The highest BCUT2D eigenvalue weighted by Crippen LogP contribution is 2.50. The van der Waals surface area contributed by atoms with Crippen LogP contribution in [0.4, 0.5) is 0 Å². The molecule has 33 heavy (non-hydrogen) atoms. The Morgan fingerprint density at radius 1 is 0.455 bits per heavy atom. The maximum atomic E-state index is 2.43. The standard InChI is InChI=1S/C33H24/c1-33(2)30-14-8-7-12-26(30)27-18-17-22(20-31(27)33)29-19-23-16-15-21-9-3-4-10-24(21)32(23)28-13-6-5-11-25(28)29/h3-20H,1-2H3. The Kier molecular flexibility index (Phi) is 3.71. The van der Waals surface area contributed by atoms with Crippen molar-refractivity contribution >= 4 is 32.3 Å². The largest absolute Gasteiger partial charge is 0.0619 e. The Labute approximate surface area is 194 Å². The Balaban J connectivity index is 1.54.